The number of hydrogen-bond donors (Lipinski definition) is 0. The molecular formula is C41H35BN2. The Bertz CT molecular complexity index is 2000. The summed E-state index contributed by atoms with van der Waals surface area (Å²) < 4.78 is 0. The first kappa shape index (κ1) is 24.1. The second-order valence-electron chi connectivity index (χ2n) is 14.6. The Morgan fingerprint density at radius 2 is 1.14 bits per heavy atom. The molecule has 0 saturated heterocycles. The van der Waals surface area contributed by atoms with Crippen LogP contribution in [0.1, 0.15) is 48.8 Å². The molecule has 0 amide bonds. The topological polar surface area (TPSA) is 6.48 Å². The van der Waals surface area contributed by atoms with Crippen molar-refractivity contribution in [2.45, 2.75) is 44.4 Å². The maximum atomic E-state index is 2.69. The largest absolute Gasteiger partial charge is 0.311 e. The second kappa shape index (κ2) is 8.27. The first-order valence-electron chi connectivity index (χ1n) is 16.8. The van der Waals surface area contributed by atoms with E-state index in [9.17, 15) is 0 Å². The molecule has 0 aromatic heterocycles. The van der Waals surface area contributed by atoms with Crippen LogP contribution in [0.25, 0.3) is 0 Å². The number of rotatable bonds is 1. The number of hydrogen-bond acceptors (Lipinski definition) is 2. The molecule has 5 aromatic carbocycles. The monoisotopic (exact) mass is 566 g/mol. The Kier molecular flexibility index (Phi) is 4.53. The third kappa shape index (κ3) is 2.77. The van der Waals surface area contributed by atoms with Gasteiger partial charge >= 0.3 is 0 Å². The van der Waals surface area contributed by atoms with Crippen LogP contribution >= 0.6 is 0 Å². The van der Waals surface area contributed by atoms with Crippen LogP contribution in [0.5, 0.6) is 0 Å². The van der Waals surface area contributed by atoms with Gasteiger partial charge in [-0.3, -0.25) is 0 Å². The highest BCUT2D eigenvalue weighted by atomic mass is 15.2. The molecule has 0 radical (unpaired) electrons. The number of para-hydroxylation sites is 3. The van der Waals surface area contributed by atoms with Crippen molar-refractivity contribution in [2.24, 2.45) is 23.7 Å². The molecule has 5 aromatic rings. The number of nitrogens with zero attached hydrogens (tertiary/aromatic N) is 2. The number of fused-ring (bicyclic) bond motifs is 6. The van der Waals surface area contributed by atoms with Gasteiger partial charge in [0, 0.05) is 33.9 Å². The fourth-order valence-electron chi connectivity index (χ4n) is 11.5. The summed E-state index contributed by atoms with van der Waals surface area (Å²) in [5.74, 6) is 3.37. The lowest BCUT2D eigenvalue weighted by molar-refractivity contribution is -0.0419. The van der Waals surface area contributed by atoms with E-state index in [1.165, 1.54) is 88.2 Å². The Labute approximate surface area is 260 Å². The number of anilines is 6. The minimum atomic E-state index is 0.128. The quantitative estimate of drug-likeness (QED) is 0.185. The SMILES string of the molecule is Cc1ccc(N2c3ccccc3B3c4cccc5c4N(c4ccccc4C54C5CC6CC(C5)CC4C6)c4cccc2c43)cc1. The van der Waals surface area contributed by atoms with Crippen molar-refractivity contribution in [2.75, 3.05) is 9.80 Å². The normalized spacial score (nSPS) is 27.6. The molecule has 0 unspecified atom stereocenters. The van der Waals surface area contributed by atoms with Crippen LogP contribution in [0.15, 0.2) is 109 Å². The van der Waals surface area contributed by atoms with Gasteiger partial charge in [0.25, 0.3) is 6.71 Å². The molecule has 0 N–H and O–H groups in total. The minimum Gasteiger partial charge on any atom is -0.311 e. The van der Waals surface area contributed by atoms with E-state index in [2.05, 4.69) is 126 Å². The summed E-state index contributed by atoms with van der Waals surface area (Å²) in [6.07, 6.45) is 7.11. The predicted octanol–water partition coefficient (Wildman–Crippen LogP) is 8.13. The van der Waals surface area contributed by atoms with Gasteiger partial charge in [-0.05, 0) is 127 Å². The molecule has 4 bridgehead atoms. The average Bonchev–Trinajstić information content (AvgIpc) is 3.05. The molecule has 2 nitrogen and oxygen atoms in total. The Morgan fingerprint density at radius 3 is 1.91 bits per heavy atom. The summed E-state index contributed by atoms with van der Waals surface area (Å²) in [6, 6.07) is 42.3. The first-order chi connectivity index (χ1) is 21.7. The van der Waals surface area contributed by atoms with Gasteiger partial charge in [0.15, 0.2) is 0 Å². The van der Waals surface area contributed by atoms with E-state index >= 15 is 0 Å². The molecule has 3 heteroatoms. The van der Waals surface area contributed by atoms with Crippen LogP contribution in [0.4, 0.5) is 34.1 Å². The van der Waals surface area contributed by atoms with Crippen LogP contribution in [-0.2, 0) is 5.41 Å². The minimum absolute atomic E-state index is 0.128. The number of aryl methyl sites for hydroxylation is 1. The van der Waals surface area contributed by atoms with E-state index in [1.807, 2.05) is 0 Å². The van der Waals surface area contributed by atoms with Crippen molar-refractivity contribution in [3.8, 4) is 0 Å². The van der Waals surface area contributed by atoms with Crippen LogP contribution < -0.4 is 26.2 Å². The van der Waals surface area contributed by atoms with Crippen LogP contribution in [0.3, 0.4) is 0 Å². The standard InChI is InChI=1S/C41H35BN2/c1-25-16-18-30(19-17-25)43-36-13-5-3-10-33(36)42-34-11-6-9-32-40(34)44(38-15-7-14-37(43)39(38)42)35-12-4-2-8-31(35)41(32)28-21-26-20-27(23-28)24-29(41)22-26/h2-19,26-29H,20-24H2,1H3. The molecule has 3 heterocycles. The van der Waals surface area contributed by atoms with Crippen molar-refractivity contribution in [1.29, 1.82) is 0 Å². The molecule has 12 rings (SSSR count). The molecule has 3 aliphatic heterocycles. The number of benzene rings is 5. The highest BCUT2D eigenvalue weighted by molar-refractivity contribution is 7.00. The zero-order chi connectivity index (χ0) is 28.7. The molecule has 0 atom stereocenters. The van der Waals surface area contributed by atoms with E-state index in [1.54, 1.807) is 11.1 Å². The van der Waals surface area contributed by atoms with Gasteiger partial charge in [-0.2, -0.15) is 0 Å². The summed E-state index contributed by atoms with van der Waals surface area (Å²) in [5, 5.41) is 0. The Balaban J connectivity index is 1.23. The summed E-state index contributed by atoms with van der Waals surface area (Å²) in [6.45, 7) is 2.39. The third-order valence-corrected chi connectivity index (χ3v) is 12.7. The van der Waals surface area contributed by atoms with E-state index in [4.69, 9.17) is 0 Å². The predicted molar refractivity (Wildman–Crippen MR) is 183 cm³/mol. The van der Waals surface area contributed by atoms with E-state index in [-0.39, 0.29) is 12.1 Å². The molecule has 7 aliphatic rings. The summed E-state index contributed by atoms with van der Waals surface area (Å²) in [4.78, 5) is 5.20. The van der Waals surface area contributed by atoms with Crippen molar-refractivity contribution in [3.05, 3.63) is 126 Å². The first-order valence-corrected chi connectivity index (χ1v) is 16.8. The van der Waals surface area contributed by atoms with E-state index in [0.717, 1.165) is 23.7 Å². The van der Waals surface area contributed by atoms with E-state index in [0.29, 0.717) is 0 Å². The van der Waals surface area contributed by atoms with Crippen molar-refractivity contribution < 1.29 is 0 Å². The maximum absolute atomic E-state index is 2.69. The van der Waals surface area contributed by atoms with Crippen molar-refractivity contribution in [1.82, 2.24) is 0 Å². The molecular weight excluding hydrogens is 531 g/mol. The Morgan fingerprint density at radius 1 is 0.545 bits per heavy atom. The fourth-order valence-corrected chi connectivity index (χ4v) is 11.5. The lowest BCUT2D eigenvalue weighted by Gasteiger charge is -2.64. The summed E-state index contributed by atoms with van der Waals surface area (Å²) in [7, 11) is 0. The molecule has 4 saturated carbocycles. The fraction of sp³-hybridized carbons (Fsp3) is 0.268. The lowest BCUT2D eigenvalue weighted by atomic mass is 9.32. The summed E-state index contributed by atoms with van der Waals surface area (Å²) >= 11 is 0. The maximum Gasteiger partial charge on any atom is 0.252 e. The molecule has 4 fully saturated rings. The average molecular weight is 567 g/mol. The van der Waals surface area contributed by atoms with Crippen LogP contribution in [0.2, 0.25) is 0 Å². The summed E-state index contributed by atoms with van der Waals surface area (Å²) in [5.41, 5.74) is 17.1. The molecule has 44 heavy (non-hydrogen) atoms. The molecule has 1 spiro atoms. The van der Waals surface area contributed by atoms with E-state index < -0.39 is 0 Å². The zero-order valence-corrected chi connectivity index (χ0v) is 25.2. The van der Waals surface area contributed by atoms with Crippen molar-refractivity contribution >= 4 is 57.2 Å². The Hall–Kier alpha value is -4.24. The van der Waals surface area contributed by atoms with Gasteiger partial charge < -0.3 is 9.80 Å². The van der Waals surface area contributed by atoms with Crippen LogP contribution in [-0.4, -0.2) is 6.71 Å². The second-order valence-corrected chi connectivity index (χ2v) is 14.6. The van der Waals surface area contributed by atoms with Gasteiger partial charge in [0.2, 0.25) is 0 Å². The highest BCUT2D eigenvalue weighted by Gasteiger charge is 2.62. The molecule has 4 aliphatic carbocycles. The highest BCUT2D eigenvalue weighted by Crippen LogP contribution is 2.69. The molecule has 212 valence electrons. The smallest absolute Gasteiger partial charge is 0.252 e. The van der Waals surface area contributed by atoms with Crippen molar-refractivity contribution in [3.63, 3.8) is 0 Å². The zero-order valence-electron chi connectivity index (χ0n) is 25.2. The van der Waals surface area contributed by atoms with Gasteiger partial charge in [0.1, 0.15) is 0 Å². The van der Waals surface area contributed by atoms with Gasteiger partial charge in [-0.25, -0.2) is 0 Å². The lowest BCUT2D eigenvalue weighted by Crippen LogP contribution is -2.64. The van der Waals surface area contributed by atoms with Gasteiger partial charge in [0.05, 0.1) is 5.69 Å². The van der Waals surface area contributed by atoms with Gasteiger partial charge in [-0.1, -0.05) is 78.4 Å². The van der Waals surface area contributed by atoms with Crippen LogP contribution in [0, 0.1) is 30.6 Å². The third-order valence-electron chi connectivity index (χ3n) is 12.7. The van der Waals surface area contributed by atoms with Gasteiger partial charge in [-0.15, -0.1) is 0 Å².